The number of nitrogens with two attached hydrogens (primary N) is 1. The molecular formula is C82H97Cl2N9O24S. The maximum Gasteiger partial charge on any atom is 0.264 e. The Morgan fingerprint density at radius 1 is 0.695 bits per heavy atom. The second-order valence-corrected chi connectivity index (χ2v) is 33.8. The summed E-state index contributed by atoms with van der Waals surface area (Å²) in [6.07, 6.45) is -3.30. The van der Waals surface area contributed by atoms with Crippen molar-refractivity contribution in [1.29, 1.82) is 0 Å². The number of primary amides is 1. The van der Waals surface area contributed by atoms with E-state index in [1.165, 1.54) is 61.6 Å². The van der Waals surface area contributed by atoms with Crippen LogP contribution < -0.4 is 66.6 Å². The Bertz CT molecular complexity index is 4880. The summed E-state index contributed by atoms with van der Waals surface area (Å²) in [6, 6.07) is 7.80. The molecule has 4 heterocycles. The lowest BCUT2D eigenvalue weighted by Gasteiger charge is -2.54. The number of halogens is 2. The van der Waals surface area contributed by atoms with E-state index in [1.54, 1.807) is 0 Å². The fraction of sp³-hybridized carbons (Fsp3) is 0.463. The molecule has 11 unspecified atom stereocenters. The second kappa shape index (κ2) is 37.2. The molecule has 118 heavy (non-hydrogen) atoms. The number of likely N-dealkylation sites (N-methyl/N-ethyl adjacent to an activating group) is 1. The largest absolute Gasteiger partial charge is 0.508 e. The van der Waals surface area contributed by atoms with E-state index >= 15 is 19.2 Å². The Labute approximate surface area is 689 Å². The van der Waals surface area contributed by atoms with E-state index in [0.717, 1.165) is 99.9 Å². The second-order valence-electron chi connectivity index (χ2n) is 31.3. The molecule has 6 aromatic rings. The first-order chi connectivity index (χ1) is 56.2. The Kier molecular flexibility index (Phi) is 27.6. The van der Waals surface area contributed by atoms with E-state index in [0.29, 0.717) is 30.6 Å². The first kappa shape index (κ1) is 87.5. The number of rotatable bonds is 26. The summed E-state index contributed by atoms with van der Waals surface area (Å²) in [7, 11) is -3.41. The predicted octanol–water partition coefficient (Wildman–Crippen LogP) is 4.42. The lowest BCUT2D eigenvalue weighted by Crippen LogP contribution is -2.59. The number of fused-ring (bicyclic) bond motifs is 16. The van der Waals surface area contributed by atoms with Crippen LogP contribution in [0.15, 0.2) is 108 Å². The number of hydrogen-bond donors (Lipinski definition) is 18. The molecule has 36 heteroatoms. The molecule has 15 rings (SSSR count). The highest BCUT2D eigenvalue weighted by Gasteiger charge is 2.51. The fourth-order valence-corrected chi connectivity index (χ4v) is 18.2. The Morgan fingerprint density at radius 2 is 1.34 bits per heavy atom. The van der Waals surface area contributed by atoms with Gasteiger partial charge in [-0.15, -0.1) is 0 Å². The van der Waals surface area contributed by atoms with Gasteiger partial charge in [-0.25, -0.2) is 13.1 Å². The van der Waals surface area contributed by atoms with Crippen LogP contribution in [0.3, 0.4) is 0 Å². The van der Waals surface area contributed by atoms with Gasteiger partial charge in [0.15, 0.2) is 18.3 Å². The van der Waals surface area contributed by atoms with Crippen molar-refractivity contribution in [2.45, 2.75) is 181 Å². The molecule has 0 aromatic heterocycles. The van der Waals surface area contributed by atoms with Crippen molar-refractivity contribution in [2.24, 2.45) is 35.3 Å². The number of aliphatic hydroxyl groups excluding tert-OH is 6. The van der Waals surface area contributed by atoms with Crippen LogP contribution in [-0.4, -0.2) is 178 Å². The molecule has 33 nitrogen and oxygen atoms in total. The molecule has 634 valence electrons. The number of phenolic OH excluding ortho intramolecular Hbond substituents is 1. The highest BCUT2D eigenvalue weighted by molar-refractivity contribution is 7.90. The Balaban J connectivity index is 1.03. The summed E-state index contributed by atoms with van der Waals surface area (Å²) in [6.45, 7) is 2.96. The number of carbonyl (C=O) groups is 8. The summed E-state index contributed by atoms with van der Waals surface area (Å²) >= 11 is 14.2. The van der Waals surface area contributed by atoms with Crippen LogP contribution in [0.2, 0.25) is 10.0 Å². The summed E-state index contributed by atoms with van der Waals surface area (Å²) in [5.41, 5.74) is 4.09. The van der Waals surface area contributed by atoms with Crippen LogP contribution >= 0.6 is 23.2 Å². The number of ether oxygens (including phenoxy) is 5. The van der Waals surface area contributed by atoms with Crippen LogP contribution in [-0.2, 0) is 58.9 Å². The maximum absolute atomic E-state index is 16.2. The zero-order valence-corrected chi connectivity index (χ0v) is 67.2. The number of nitrogens with one attached hydrogen (secondary N) is 8. The summed E-state index contributed by atoms with van der Waals surface area (Å²) in [5.74, 6) is -14.5. The van der Waals surface area contributed by atoms with Gasteiger partial charge < -0.3 is 113 Å². The number of unbranched alkanes of at least 4 members (excludes halogenated alkanes) is 3. The minimum absolute atomic E-state index is 0.0297. The lowest BCUT2D eigenvalue weighted by atomic mass is 9.54. The van der Waals surface area contributed by atoms with E-state index in [9.17, 15) is 73.6 Å². The van der Waals surface area contributed by atoms with Crippen LogP contribution in [0.1, 0.15) is 167 Å². The quantitative estimate of drug-likeness (QED) is 0.0264. The molecule has 0 saturated heterocycles. The van der Waals surface area contributed by atoms with Crippen LogP contribution in [0.4, 0.5) is 0 Å². The van der Waals surface area contributed by atoms with Crippen LogP contribution in [0.25, 0.3) is 11.1 Å². The van der Waals surface area contributed by atoms with Crippen LogP contribution in [0.5, 0.6) is 40.2 Å². The summed E-state index contributed by atoms with van der Waals surface area (Å²) < 4.78 is 61.2. The van der Waals surface area contributed by atoms with Gasteiger partial charge in [-0.2, -0.15) is 0 Å². The first-order valence-corrected chi connectivity index (χ1v) is 41.3. The average Bonchev–Trinajstić information content (AvgIpc) is 1.65. The molecule has 0 spiro atoms. The molecule has 19 N–H and O–H groups in total. The number of phenols is 1. The van der Waals surface area contributed by atoms with Gasteiger partial charge in [0.25, 0.3) is 10.0 Å². The van der Waals surface area contributed by atoms with Crippen molar-refractivity contribution in [2.75, 3.05) is 33.7 Å². The maximum atomic E-state index is 16.2. The molecular weight excluding hydrogens is 1600 g/mol. The lowest BCUT2D eigenvalue weighted by molar-refractivity contribution is -0.142. The van der Waals surface area contributed by atoms with Crippen LogP contribution in [0, 0.1) is 29.6 Å². The smallest absolute Gasteiger partial charge is 0.264 e. The molecule has 13 bridgehead atoms. The number of sulfonamides is 1. The third kappa shape index (κ3) is 19.6. The third-order valence-corrected chi connectivity index (χ3v) is 24.5. The highest BCUT2D eigenvalue weighted by Crippen LogP contribution is 2.55. The molecule has 0 radical (unpaired) electrons. The Hall–Kier alpha value is -9.79. The van der Waals surface area contributed by atoms with Gasteiger partial charge in [0.2, 0.25) is 58.8 Å². The van der Waals surface area contributed by atoms with Crippen molar-refractivity contribution < 1.29 is 116 Å². The van der Waals surface area contributed by atoms with E-state index in [1.807, 2.05) is 25.5 Å². The van der Waals surface area contributed by atoms with Gasteiger partial charge in [0.1, 0.15) is 77.6 Å². The van der Waals surface area contributed by atoms with Crippen molar-refractivity contribution in [3.63, 3.8) is 0 Å². The van der Waals surface area contributed by atoms with Gasteiger partial charge in [0.05, 0.1) is 59.7 Å². The fourth-order valence-electron chi connectivity index (χ4n) is 16.7. The molecule has 4 fully saturated rings. The first-order valence-electron chi connectivity index (χ1n) is 39.0. The topological polar surface area (TPSA) is 521 Å². The van der Waals surface area contributed by atoms with E-state index in [4.69, 9.17) is 52.6 Å². The molecule has 8 amide bonds. The molecule has 4 aliphatic heterocycles. The molecule has 11 atom stereocenters. The van der Waals surface area contributed by atoms with Gasteiger partial charge >= 0.3 is 0 Å². The van der Waals surface area contributed by atoms with Gasteiger partial charge in [-0.05, 0) is 199 Å². The van der Waals surface area contributed by atoms with Crippen molar-refractivity contribution in [3.05, 3.63) is 152 Å². The zero-order chi connectivity index (χ0) is 84.9. The number of hydrogen-bond acceptors (Lipinski definition) is 25. The van der Waals surface area contributed by atoms with Crippen molar-refractivity contribution in [1.82, 2.24) is 41.9 Å². The number of amides is 8. The number of aliphatic hydroxyl groups is 8. The SMILES string of the molecule is CCCCCCOc1ccc(S(=O)(=O)NC(=O)CC2NC(=O)C(NC(=O)C(CC(C)C)NC)C(O)c3ccc(c(Cl)c3)Oc3cc4cc(c3OCOC(CO)C(O)C(O)CO)Oc3ccc(cc3Cl)C(O)CC(=O)NC(C(=O)NC3C5CC6CC(C5)CC3C6)c3cc(O)cc5c3-c3cc(ccc3C5(O)O)C(C(N)=O)NC(=O)C4NC2=O)cc1. The predicted molar refractivity (Wildman–Crippen MR) is 422 cm³/mol. The summed E-state index contributed by atoms with van der Waals surface area (Å²) in [5, 5.41) is 120. The standard InChI is InChI=1S/C82H97Cl2N9O24S/c1-5-6-7-8-19-113-48-12-14-49(15-13-48)118(111,112)93-66(100)33-57-78(105)91-70-46-29-62(75(115-37-114-64(36-95)74(102)59(98)35-94)63(30-46)117-61-18-11-43(28-55(61)84)73(101)72(81(108)87-57)92-77(104)56(86-4)20-38(2)3)116-60-17-10-41(27-54(60)83)58(97)34-65(99)88-71(80(107)89-68-44-22-39-21-40(24-44)25-45(68)23-39)51-31-47(96)32-53-67(51)50-26-42(9-16-52(50)82(53,109)110)69(76(85)103)90-79(70)106/h9-18,26-32,38-40,44-45,56-59,64,68-74,86,94-98,101-102,109-110H,5-8,19-25,33-37H2,1-4H3,(H2,85,103)(H,87,108)(H,88,99)(H,89,107)(H,90,106)(H,91,105)(H,92,104)(H,93,100). The van der Waals surface area contributed by atoms with E-state index in [-0.39, 0.29) is 90.7 Å². The summed E-state index contributed by atoms with van der Waals surface area (Å²) in [4.78, 5) is 120. The monoisotopic (exact) mass is 1690 g/mol. The van der Waals surface area contributed by atoms with E-state index in [2.05, 4.69) is 37.2 Å². The molecule has 6 aromatic carbocycles. The number of benzene rings is 6. The average molecular weight is 1700 g/mol. The third-order valence-electron chi connectivity index (χ3n) is 22.5. The zero-order valence-electron chi connectivity index (χ0n) is 64.8. The molecule has 9 aliphatic rings. The molecule has 4 saturated carbocycles. The minimum atomic E-state index is -4.87. The molecule has 5 aliphatic carbocycles. The normalized spacial score (nSPS) is 24.3. The van der Waals surface area contributed by atoms with Crippen molar-refractivity contribution in [3.8, 4) is 51.4 Å². The number of carbonyl (C=O) groups excluding carboxylic acids is 8. The number of aromatic hydroxyl groups is 1. The van der Waals surface area contributed by atoms with Gasteiger partial charge in [-0.1, -0.05) is 87.5 Å². The van der Waals surface area contributed by atoms with E-state index < -0.39 is 202 Å². The van der Waals surface area contributed by atoms with Gasteiger partial charge in [-0.3, -0.25) is 38.4 Å². The highest BCUT2D eigenvalue weighted by atomic mass is 35.5. The van der Waals surface area contributed by atoms with Crippen molar-refractivity contribution >= 4 is 80.5 Å². The Morgan fingerprint density at radius 3 is 1.95 bits per heavy atom. The van der Waals surface area contributed by atoms with Gasteiger partial charge in [0, 0.05) is 17.2 Å². The minimum Gasteiger partial charge on any atom is -0.508 e.